The second-order valence-electron chi connectivity index (χ2n) is 6.75. The Morgan fingerprint density at radius 2 is 2.00 bits per heavy atom. The second-order valence-corrected chi connectivity index (χ2v) is 6.75. The van der Waals surface area contributed by atoms with Gasteiger partial charge >= 0.3 is 0 Å². The Bertz CT molecular complexity index is 781. The highest BCUT2D eigenvalue weighted by molar-refractivity contribution is 5.97. The highest BCUT2D eigenvalue weighted by atomic mass is 16.2. The van der Waals surface area contributed by atoms with Crippen molar-refractivity contribution in [1.82, 2.24) is 14.9 Å². The van der Waals surface area contributed by atoms with Gasteiger partial charge in [0, 0.05) is 55.6 Å². The predicted octanol–water partition coefficient (Wildman–Crippen LogP) is 2.14. The van der Waals surface area contributed by atoms with Gasteiger partial charge in [-0.3, -0.25) is 9.59 Å². The number of nitrogens with one attached hydrogen (secondary N) is 1. The van der Waals surface area contributed by atoms with Crippen molar-refractivity contribution in [2.75, 3.05) is 11.4 Å². The van der Waals surface area contributed by atoms with Crippen molar-refractivity contribution in [3.63, 3.8) is 0 Å². The van der Waals surface area contributed by atoms with Crippen molar-refractivity contribution in [3.8, 4) is 0 Å². The minimum absolute atomic E-state index is 0.0647. The maximum absolute atomic E-state index is 12.5. The molecule has 1 fully saturated rings. The lowest BCUT2D eigenvalue weighted by Gasteiger charge is -2.27. The van der Waals surface area contributed by atoms with Crippen molar-refractivity contribution < 1.29 is 9.59 Å². The summed E-state index contributed by atoms with van der Waals surface area (Å²) >= 11 is 0. The number of rotatable bonds is 3. The molecule has 130 valence electrons. The number of hydrogen-bond acceptors (Lipinski definition) is 3. The van der Waals surface area contributed by atoms with Gasteiger partial charge in [-0.15, -0.1) is 0 Å². The van der Waals surface area contributed by atoms with Gasteiger partial charge in [0.05, 0.1) is 0 Å². The van der Waals surface area contributed by atoms with Crippen LogP contribution in [0.3, 0.4) is 0 Å². The number of aromatic nitrogens is 2. The van der Waals surface area contributed by atoms with E-state index < -0.39 is 0 Å². The quantitative estimate of drug-likeness (QED) is 0.932. The first-order chi connectivity index (χ1) is 12.2. The van der Waals surface area contributed by atoms with Crippen molar-refractivity contribution in [1.29, 1.82) is 0 Å². The Kier molecular flexibility index (Phi) is 4.26. The van der Waals surface area contributed by atoms with E-state index in [0.29, 0.717) is 12.0 Å². The van der Waals surface area contributed by atoms with Crippen LogP contribution in [-0.4, -0.2) is 34.0 Å². The topological polar surface area (TPSA) is 67.2 Å². The molecule has 1 atom stereocenters. The van der Waals surface area contributed by atoms with Crippen molar-refractivity contribution in [2.24, 2.45) is 0 Å². The van der Waals surface area contributed by atoms with E-state index in [4.69, 9.17) is 0 Å². The summed E-state index contributed by atoms with van der Waals surface area (Å²) in [7, 11) is 0. The molecule has 1 N–H and O–H groups in total. The SMILES string of the molecule is O=C(NC1CCc2nccn2C1)c1ccc(N2CCCCC2=O)cc1. The molecule has 1 aromatic carbocycles. The molecule has 0 saturated carbocycles. The minimum atomic E-state index is -0.0647. The lowest BCUT2D eigenvalue weighted by Crippen LogP contribution is -2.41. The molecule has 6 nitrogen and oxygen atoms in total. The van der Waals surface area contributed by atoms with Gasteiger partial charge in [-0.1, -0.05) is 0 Å². The Morgan fingerprint density at radius 1 is 1.16 bits per heavy atom. The zero-order valence-electron chi connectivity index (χ0n) is 14.1. The van der Waals surface area contributed by atoms with E-state index in [1.165, 1.54) is 0 Å². The van der Waals surface area contributed by atoms with Gasteiger partial charge in [-0.05, 0) is 43.5 Å². The third-order valence-electron chi connectivity index (χ3n) is 5.03. The highest BCUT2D eigenvalue weighted by Gasteiger charge is 2.22. The number of carbonyl (C=O) groups is 2. The molecule has 1 saturated heterocycles. The standard InChI is InChI=1S/C19H22N4O2/c24-18-3-1-2-11-23(18)16-7-4-14(5-8-16)19(25)21-15-6-9-17-20-10-12-22(17)13-15/h4-5,7-8,10,12,15H,1-3,6,9,11,13H2,(H,21,25). The number of hydrogen-bond donors (Lipinski definition) is 1. The fraction of sp³-hybridized carbons (Fsp3) is 0.421. The van der Waals surface area contributed by atoms with E-state index in [-0.39, 0.29) is 17.9 Å². The fourth-order valence-corrected chi connectivity index (χ4v) is 3.62. The van der Waals surface area contributed by atoms with Gasteiger partial charge in [-0.25, -0.2) is 4.98 Å². The number of fused-ring (bicyclic) bond motifs is 1. The summed E-state index contributed by atoms with van der Waals surface area (Å²) in [4.78, 5) is 30.6. The average molecular weight is 338 g/mol. The van der Waals surface area contributed by atoms with Crippen LogP contribution < -0.4 is 10.2 Å². The zero-order valence-corrected chi connectivity index (χ0v) is 14.1. The fourth-order valence-electron chi connectivity index (χ4n) is 3.62. The van der Waals surface area contributed by atoms with Crippen LogP contribution in [0.15, 0.2) is 36.7 Å². The Morgan fingerprint density at radius 3 is 2.80 bits per heavy atom. The molecule has 0 spiro atoms. The second kappa shape index (κ2) is 6.70. The predicted molar refractivity (Wildman–Crippen MR) is 94.4 cm³/mol. The van der Waals surface area contributed by atoms with Crippen molar-refractivity contribution in [2.45, 2.75) is 44.7 Å². The van der Waals surface area contributed by atoms with Crippen molar-refractivity contribution >= 4 is 17.5 Å². The van der Waals surface area contributed by atoms with Gasteiger partial charge in [0.25, 0.3) is 5.91 Å². The lowest BCUT2D eigenvalue weighted by atomic mass is 10.1. The molecule has 1 aromatic heterocycles. The summed E-state index contributed by atoms with van der Waals surface area (Å²) in [6, 6.07) is 7.47. The first-order valence-corrected chi connectivity index (χ1v) is 8.92. The summed E-state index contributed by atoms with van der Waals surface area (Å²) in [6.07, 6.45) is 8.16. The summed E-state index contributed by atoms with van der Waals surface area (Å²) in [5.41, 5.74) is 1.51. The highest BCUT2D eigenvalue weighted by Crippen LogP contribution is 2.21. The number of amides is 2. The number of anilines is 1. The van der Waals surface area contributed by atoms with E-state index >= 15 is 0 Å². The first kappa shape index (κ1) is 15.9. The van der Waals surface area contributed by atoms with Crippen LogP contribution in [0.5, 0.6) is 0 Å². The molecule has 6 heteroatoms. The molecule has 2 aliphatic heterocycles. The number of carbonyl (C=O) groups excluding carboxylic acids is 2. The summed E-state index contributed by atoms with van der Waals surface area (Å²) in [6.45, 7) is 1.53. The van der Waals surface area contributed by atoms with Crippen LogP contribution in [0.25, 0.3) is 0 Å². The molecule has 0 aliphatic carbocycles. The van der Waals surface area contributed by atoms with Crippen LogP contribution in [0, 0.1) is 0 Å². The van der Waals surface area contributed by atoms with E-state index in [2.05, 4.69) is 14.9 Å². The Labute approximate surface area is 146 Å². The van der Waals surface area contributed by atoms with Gasteiger partial charge in [-0.2, -0.15) is 0 Å². The number of benzene rings is 1. The summed E-state index contributed by atoms with van der Waals surface area (Å²) < 4.78 is 2.10. The van der Waals surface area contributed by atoms with Crippen LogP contribution >= 0.6 is 0 Å². The molecule has 1 unspecified atom stereocenters. The number of nitrogens with zero attached hydrogens (tertiary/aromatic N) is 3. The summed E-state index contributed by atoms with van der Waals surface area (Å²) in [5.74, 6) is 1.19. The zero-order chi connectivity index (χ0) is 17.2. The van der Waals surface area contributed by atoms with Crippen LogP contribution in [0.2, 0.25) is 0 Å². The molecule has 2 amide bonds. The third-order valence-corrected chi connectivity index (χ3v) is 5.03. The number of imidazole rings is 1. The average Bonchev–Trinajstić information content (AvgIpc) is 3.10. The van der Waals surface area contributed by atoms with E-state index in [9.17, 15) is 9.59 Å². The molecule has 2 aromatic rings. The maximum atomic E-state index is 12.5. The molecule has 0 bridgehead atoms. The lowest BCUT2D eigenvalue weighted by molar-refractivity contribution is -0.119. The van der Waals surface area contributed by atoms with E-state index in [0.717, 1.165) is 50.3 Å². The molecule has 4 rings (SSSR count). The molecular formula is C19H22N4O2. The molecule has 3 heterocycles. The number of aryl methyl sites for hydroxylation is 1. The summed E-state index contributed by atoms with van der Waals surface area (Å²) in [5, 5.41) is 3.11. The van der Waals surface area contributed by atoms with E-state index in [1.54, 1.807) is 18.3 Å². The van der Waals surface area contributed by atoms with Crippen LogP contribution in [-0.2, 0) is 17.8 Å². The monoisotopic (exact) mass is 338 g/mol. The smallest absolute Gasteiger partial charge is 0.251 e. The minimum Gasteiger partial charge on any atom is -0.347 e. The third kappa shape index (κ3) is 3.29. The molecule has 0 radical (unpaired) electrons. The van der Waals surface area contributed by atoms with Crippen LogP contribution in [0.4, 0.5) is 5.69 Å². The van der Waals surface area contributed by atoms with Gasteiger partial charge in [0.1, 0.15) is 5.82 Å². The Balaban J connectivity index is 1.40. The Hall–Kier alpha value is -2.63. The molecular weight excluding hydrogens is 316 g/mol. The van der Waals surface area contributed by atoms with Gasteiger partial charge in [0.15, 0.2) is 0 Å². The van der Waals surface area contributed by atoms with Crippen LogP contribution in [0.1, 0.15) is 41.9 Å². The maximum Gasteiger partial charge on any atom is 0.251 e. The normalized spacial score (nSPS) is 20.2. The number of piperidine rings is 1. The van der Waals surface area contributed by atoms with Gasteiger partial charge < -0.3 is 14.8 Å². The van der Waals surface area contributed by atoms with E-state index in [1.807, 2.05) is 23.2 Å². The van der Waals surface area contributed by atoms with Gasteiger partial charge in [0.2, 0.25) is 5.91 Å². The molecule has 25 heavy (non-hydrogen) atoms. The molecule has 2 aliphatic rings. The van der Waals surface area contributed by atoms with Crippen molar-refractivity contribution in [3.05, 3.63) is 48.0 Å². The first-order valence-electron chi connectivity index (χ1n) is 8.92. The largest absolute Gasteiger partial charge is 0.347 e.